The second-order valence-corrected chi connectivity index (χ2v) is 5.75. The van der Waals surface area contributed by atoms with E-state index in [0.29, 0.717) is 25.7 Å². The summed E-state index contributed by atoms with van der Waals surface area (Å²) in [5.74, 6) is 0.329. The molecule has 6 nitrogen and oxygen atoms in total. The minimum atomic E-state index is -0.256. The van der Waals surface area contributed by atoms with Crippen LogP contribution in [0.1, 0.15) is 49.8 Å². The third-order valence-electron chi connectivity index (χ3n) is 4.04. The first-order valence-corrected chi connectivity index (χ1v) is 7.96. The van der Waals surface area contributed by atoms with Crippen LogP contribution in [0.2, 0.25) is 0 Å². The molecule has 22 heavy (non-hydrogen) atoms. The molecule has 2 N–H and O–H groups in total. The van der Waals surface area contributed by atoms with Gasteiger partial charge in [0.25, 0.3) is 0 Å². The van der Waals surface area contributed by atoms with Gasteiger partial charge in [0.1, 0.15) is 0 Å². The minimum Gasteiger partial charge on any atom is -0.370 e. The fraction of sp³-hybridized carbons (Fsp3) is 0.562. The van der Waals surface area contributed by atoms with Gasteiger partial charge < -0.3 is 10.1 Å². The molecule has 6 heteroatoms. The average molecular weight is 302 g/mol. The van der Waals surface area contributed by atoms with Crippen molar-refractivity contribution in [2.75, 3.05) is 11.9 Å². The van der Waals surface area contributed by atoms with Crippen molar-refractivity contribution in [3.05, 3.63) is 29.1 Å². The van der Waals surface area contributed by atoms with Crippen LogP contribution in [0.5, 0.6) is 0 Å². The average Bonchev–Trinajstić information content (AvgIpc) is 2.82. The highest BCUT2D eigenvalue weighted by atomic mass is 16.5. The maximum Gasteiger partial charge on any atom is 0.321 e. The summed E-state index contributed by atoms with van der Waals surface area (Å²) in [4.78, 5) is 20.3. The first kappa shape index (κ1) is 15.0. The molecule has 3 rings (SSSR count). The summed E-state index contributed by atoms with van der Waals surface area (Å²) in [6.45, 7) is 1.69. The van der Waals surface area contributed by atoms with Crippen molar-refractivity contribution in [1.82, 2.24) is 15.3 Å². The van der Waals surface area contributed by atoms with Crippen LogP contribution in [0, 0.1) is 0 Å². The number of nitrogens with zero attached hydrogens (tertiary/aromatic N) is 2. The number of hydrogen-bond donors (Lipinski definition) is 2. The van der Waals surface area contributed by atoms with Gasteiger partial charge in [-0.2, -0.15) is 0 Å². The molecule has 0 saturated heterocycles. The molecule has 0 radical (unpaired) electrons. The standard InChI is InChI=1S/C16H22N4O2/c21-16(17-8-7-12-5-3-1-2-4-6-12)20-15-18-9-13-10-22-11-14(13)19-15/h5,9H,1-4,6-8,10-11H2,(H2,17,18,19,20,21). The fourth-order valence-electron chi connectivity index (χ4n) is 2.80. The maximum absolute atomic E-state index is 11.9. The number of anilines is 1. The lowest BCUT2D eigenvalue weighted by molar-refractivity contribution is 0.133. The first-order chi connectivity index (χ1) is 10.8. The van der Waals surface area contributed by atoms with E-state index in [-0.39, 0.29) is 6.03 Å². The van der Waals surface area contributed by atoms with Crippen molar-refractivity contribution < 1.29 is 9.53 Å². The molecule has 1 aliphatic carbocycles. The van der Waals surface area contributed by atoms with E-state index in [4.69, 9.17) is 4.74 Å². The van der Waals surface area contributed by atoms with Crippen LogP contribution in [-0.2, 0) is 18.0 Å². The molecule has 1 aliphatic heterocycles. The number of carbonyl (C=O) groups is 1. The van der Waals surface area contributed by atoms with E-state index in [1.807, 2.05) is 0 Å². The summed E-state index contributed by atoms with van der Waals surface area (Å²) in [7, 11) is 0. The normalized spacial score (nSPS) is 17.4. The molecular formula is C16H22N4O2. The van der Waals surface area contributed by atoms with Gasteiger partial charge in [-0.15, -0.1) is 0 Å². The Hall–Kier alpha value is -1.95. The number of amides is 2. The number of allylic oxidation sites excluding steroid dienone is 1. The Bertz CT molecular complexity index is 571. The number of hydrogen-bond acceptors (Lipinski definition) is 4. The van der Waals surface area contributed by atoms with Gasteiger partial charge in [0.2, 0.25) is 5.95 Å². The van der Waals surface area contributed by atoms with Crippen LogP contribution in [0.15, 0.2) is 17.8 Å². The van der Waals surface area contributed by atoms with Gasteiger partial charge in [-0.3, -0.25) is 5.32 Å². The Labute approximate surface area is 130 Å². The maximum atomic E-state index is 11.9. The van der Waals surface area contributed by atoms with E-state index in [9.17, 15) is 4.79 Å². The Balaban J connectivity index is 1.43. The van der Waals surface area contributed by atoms with Crippen molar-refractivity contribution in [3.8, 4) is 0 Å². The molecule has 1 aromatic rings. The summed E-state index contributed by atoms with van der Waals surface area (Å²) >= 11 is 0. The van der Waals surface area contributed by atoms with E-state index in [1.165, 1.54) is 31.3 Å². The molecule has 0 spiro atoms. The van der Waals surface area contributed by atoms with Crippen molar-refractivity contribution >= 4 is 12.0 Å². The molecule has 2 amide bonds. The molecule has 1 aromatic heterocycles. The van der Waals surface area contributed by atoms with Crippen LogP contribution in [0.3, 0.4) is 0 Å². The predicted molar refractivity (Wildman–Crippen MR) is 83.3 cm³/mol. The predicted octanol–water partition coefficient (Wildman–Crippen LogP) is 2.91. The second-order valence-electron chi connectivity index (χ2n) is 5.75. The van der Waals surface area contributed by atoms with Crippen molar-refractivity contribution in [1.29, 1.82) is 0 Å². The Morgan fingerprint density at radius 1 is 1.27 bits per heavy atom. The lowest BCUT2D eigenvalue weighted by Gasteiger charge is -2.08. The summed E-state index contributed by atoms with van der Waals surface area (Å²) in [5.41, 5.74) is 3.31. The third kappa shape index (κ3) is 4.04. The van der Waals surface area contributed by atoms with Gasteiger partial charge >= 0.3 is 6.03 Å². The van der Waals surface area contributed by atoms with E-state index in [2.05, 4.69) is 26.7 Å². The van der Waals surface area contributed by atoms with Gasteiger partial charge in [-0.25, -0.2) is 14.8 Å². The highest BCUT2D eigenvalue weighted by Gasteiger charge is 2.14. The zero-order valence-corrected chi connectivity index (χ0v) is 12.7. The smallest absolute Gasteiger partial charge is 0.321 e. The monoisotopic (exact) mass is 302 g/mol. The molecule has 2 aliphatic rings. The molecule has 2 heterocycles. The number of nitrogens with one attached hydrogen (secondary N) is 2. The molecule has 0 unspecified atom stereocenters. The highest BCUT2D eigenvalue weighted by molar-refractivity contribution is 5.87. The van der Waals surface area contributed by atoms with Crippen molar-refractivity contribution in [2.24, 2.45) is 0 Å². The topological polar surface area (TPSA) is 76.1 Å². The number of fused-ring (bicyclic) bond motifs is 1. The summed E-state index contributed by atoms with van der Waals surface area (Å²) in [6.07, 6.45) is 11.2. The SMILES string of the molecule is O=C(NCCC1=CCCCCC1)Nc1ncc2c(n1)COC2. The van der Waals surface area contributed by atoms with Crippen LogP contribution in [-0.4, -0.2) is 22.5 Å². The first-order valence-electron chi connectivity index (χ1n) is 7.96. The lowest BCUT2D eigenvalue weighted by Crippen LogP contribution is -2.30. The Kier molecular flexibility index (Phi) is 5.00. The van der Waals surface area contributed by atoms with Crippen LogP contribution in [0.25, 0.3) is 0 Å². The van der Waals surface area contributed by atoms with Crippen LogP contribution < -0.4 is 10.6 Å². The lowest BCUT2D eigenvalue weighted by atomic mass is 10.1. The number of aromatic nitrogens is 2. The Morgan fingerprint density at radius 3 is 3.18 bits per heavy atom. The van der Waals surface area contributed by atoms with Gasteiger partial charge in [-0.05, 0) is 32.1 Å². The zero-order valence-electron chi connectivity index (χ0n) is 12.7. The van der Waals surface area contributed by atoms with Gasteiger partial charge in [0.05, 0.1) is 18.9 Å². The molecule has 0 atom stereocenters. The second kappa shape index (κ2) is 7.35. The summed E-state index contributed by atoms with van der Waals surface area (Å²) in [6, 6.07) is -0.256. The molecule has 0 aromatic carbocycles. The van der Waals surface area contributed by atoms with E-state index in [1.54, 1.807) is 6.20 Å². The largest absolute Gasteiger partial charge is 0.370 e. The number of ether oxygens (including phenoxy) is 1. The minimum absolute atomic E-state index is 0.256. The number of carbonyl (C=O) groups excluding carboxylic acids is 1. The quantitative estimate of drug-likeness (QED) is 0.838. The van der Waals surface area contributed by atoms with E-state index < -0.39 is 0 Å². The molecule has 0 saturated carbocycles. The van der Waals surface area contributed by atoms with Crippen LogP contribution >= 0.6 is 0 Å². The van der Waals surface area contributed by atoms with E-state index >= 15 is 0 Å². The Morgan fingerprint density at radius 2 is 2.23 bits per heavy atom. The number of urea groups is 1. The molecule has 0 fully saturated rings. The molecular weight excluding hydrogens is 280 g/mol. The van der Waals surface area contributed by atoms with Crippen molar-refractivity contribution in [2.45, 2.75) is 51.7 Å². The third-order valence-corrected chi connectivity index (χ3v) is 4.04. The fourth-order valence-corrected chi connectivity index (χ4v) is 2.80. The van der Waals surface area contributed by atoms with Gasteiger partial charge in [0.15, 0.2) is 0 Å². The van der Waals surface area contributed by atoms with Gasteiger partial charge in [0, 0.05) is 18.3 Å². The zero-order chi connectivity index (χ0) is 15.2. The molecule has 0 bridgehead atoms. The van der Waals surface area contributed by atoms with Crippen molar-refractivity contribution in [3.63, 3.8) is 0 Å². The summed E-state index contributed by atoms with van der Waals surface area (Å²) in [5, 5.41) is 5.54. The van der Waals surface area contributed by atoms with Crippen LogP contribution in [0.4, 0.5) is 10.7 Å². The van der Waals surface area contributed by atoms with E-state index in [0.717, 1.165) is 24.1 Å². The highest BCUT2D eigenvalue weighted by Crippen LogP contribution is 2.19. The molecule has 118 valence electrons. The van der Waals surface area contributed by atoms with Gasteiger partial charge in [-0.1, -0.05) is 18.1 Å². The summed E-state index contributed by atoms with van der Waals surface area (Å²) < 4.78 is 5.28. The number of rotatable bonds is 4.